The van der Waals surface area contributed by atoms with Crippen LogP contribution in [0.15, 0.2) is 36.4 Å². The molecule has 26 heavy (non-hydrogen) atoms. The maximum absolute atomic E-state index is 12.6. The molecule has 1 aliphatic carbocycles. The first-order valence-electron chi connectivity index (χ1n) is 8.92. The summed E-state index contributed by atoms with van der Waals surface area (Å²) in [5.41, 5.74) is 3.16. The molecule has 0 spiro atoms. The van der Waals surface area contributed by atoms with E-state index in [1.54, 1.807) is 39.3 Å². The second-order valence-electron chi connectivity index (χ2n) is 6.42. The molecule has 138 valence electrons. The Labute approximate surface area is 154 Å². The third-order valence-corrected chi connectivity index (χ3v) is 4.69. The van der Waals surface area contributed by atoms with E-state index in [4.69, 9.17) is 14.2 Å². The van der Waals surface area contributed by atoms with Gasteiger partial charge in [0.15, 0.2) is 6.10 Å². The highest BCUT2D eigenvalue weighted by Crippen LogP contribution is 2.31. The van der Waals surface area contributed by atoms with Crippen molar-refractivity contribution in [3.05, 3.63) is 47.5 Å². The summed E-state index contributed by atoms with van der Waals surface area (Å²) in [6.07, 6.45) is 3.85. The van der Waals surface area contributed by atoms with E-state index in [9.17, 15) is 4.79 Å². The van der Waals surface area contributed by atoms with Crippen LogP contribution in [0.25, 0.3) is 0 Å². The first kappa shape index (κ1) is 18.1. The number of methoxy groups -OCH3 is 2. The van der Waals surface area contributed by atoms with E-state index in [1.165, 1.54) is 17.5 Å². The summed E-state index contributed by atoms with van der Waals surface area (Å²) in [4.78, 5) is 12.6. The predicted molar refractivity (Wildman–Crippen MR) is 101 cm³/mol. The van der Waals surface area contributed by atoms with Gasteiger partial charge in [-0.1, -0.05) is 12.1 Å². The van der Waals surface area contributed by atoms with E-state index in [0.29, 0.717) is 17.2 Å². The Balaban J connectivity index is 1.71. The molecule has 1 atom stereocenters. The topological polar surface area (TPSA) is 56.8 Å². The third kappa shape index (κ3) is 3.93. The van der Waals surface area contributed by atoms with Crippen molar-refractivity contribution in [3.63, 3.8) is 0 Å². The van der Waals surface area contributed by atoms with E-state index < -0.39 is 6.10 Å². The van der Waals surface area contributed by atoms with Gasteiger partial charge in [0.1, 0.15) is 17.2 Å². The van der Waals surface area contributed by atoms with Gasteiger partial charge in [-0.3, -0.25) is 4.79 Å². The van der Waals surface area contributed by atoms with E-state index in [1.807, 2.05) is 12.1 Å². The molecule has 5 nitrogen and oxygen atoms in total. The second-order valence-corrected chi connectivity index (χ2v) is 6.42. The van der Waals surface area contributed by atoms with Gasteiger partial charge in [-0.05, 0) is 61.9 Å². The normalized spacial score (nSPS) is 14.1. The number of rotatable bonds is 6. The molecule has 5 heteroatoms. The van der Waals surface area contributed by atoms with Crippen molar-refractivity contribution in [1.29, 1.82) is 0 Å². The number of fused-ring (bicyclic) bond motifs is 1. The largest absolute Gasteiger partial charge is 0.497 e. The lowest BCUT2D eigenvalue weighted by Crippen LogP contribution is -2.30. The van der Waals surface area contributed by atoms with Gasteiger partial charge in [-0.25, -0.2) is 0 Å². The summed E-state index contributed by atoms with van der Waals surface area (Å²) in [6.45, 7) is 1.76. The molecule has 0 fully saturated rings. The number of benzene rings is 2. The standard InChI is InChI=1S/C21H25NO4/c1-14(26-19-10-6-8-15-7-4-5-9-17(15)19)21(23)22-18-12-11-16(24-2)13-20(18)25-3/h6,8,10-14H,4-5,7,9H2,1-3H3,(H,22,23)/t14-/m1/s1. The molecular weight excluding hydrogens is 330 g/mol. The van der Waals surface area contributed by atoms with Crippen LogP contribution in [0.2, 0.25) is 0 Å². The van der Waals surface area contributed by atoms with Crippen molar-refractivity contribution in [3.8, 4) is 17.2 Å². The number of carbonyl (C=O) groups is 1. The zero-order valence-electron chi connectivity index (χ0n) is 15.5. The fourth-order valence-corrected chi connectivity index (χ4v) is 3.24. The lowest BCUT2D eigenvalue weighted by atomic mass is 9.91. The minimum atomic E-state index is -0.616. The zero-order valence-corrected chi connectivity index (χ0v) is 15.5. The smallest absolute Gasteiger partial charge is 0.265 e. The van der Waals surface area contributed by atoms with Gasteiger partial charge in [0.05, 0.1) is 19.9 Å². The maximum atomic E-state index is 12.6. The van der Waals surface area contributed by atoms with Crippen molar-refractivity contribution in [1.82, 2.24) is 0 Å². The molecule has 0 saturated heterocycles. The van der Waals surface area contributed by atoms with Crippen molar-refractivity contribution in [2.45, 2.75) is 38.7 Å². The minimum Gasteiger partial charge on any atom is -0.497 e. The highest BCUT2D eigenvalue weighted by atomic mass is 16.5. The van der Waals surface area contributed by atoms with Gasteiger partial charge in [-0.15, -0.1) is 0 Å². The molecule has 2 aromatic carbocycles. The molecule has 0 saturated carbocycles. The van der Waals surface area contributed by atoms with Gasteiger partial charge in [0.2, 0.25) is 0 Å². The van der Waals surface area contributed by atoms with E-state index >= 15 is 0 Å². The number of amides is 1. The fraction of sp³-hybridized carbons (Fsp3) is 0.381. The van der Waals surface area contributed by atoms with Crippen molar-refractivity contribution in [2.24, 2.45) is 0 Å². The maximum Gasteiger partial charge on any atom is 0.265 e. The fourth-order valence-electron chi connectivity index (χ4n) is 3.24. The molecular formula is C21H25NO4. The second kappa shape index (κ2) is 8.13. The Morgan fingerprint density at radius 1 is 1.04 bits per heavy atom. The highest BCUT2D eigenvalue weighted by molar-refractivity contribution is 5.95. The molecule has 0 unspecified atom stereocenters. The average Bonchev–Trinajstić information content (AvgIpc) is 2.68. The van der Waals surface area contributed by atoms with Gasteiger partial charge >= 0.3 is 0 Å². The summed E-state index contributed by atoms with van der Waals surface area (Å²) in [7, 11) is 3.14. The Hall–Kier alpha value is -2.69. The molecule has 1 aliphatic rings. The first-order valence-corrected chi connectivity index (χ1v) is 8.92. The summed E-state index contributed by atoms with van der Waals surface area (Å²) in [5, 5.41) is 2.87. The van der Waals surface area contributed by atoms with Crippen LogP contribution in [-0.2, 0) is 17.6 Å². The predicted octanol–water partition coefficient (Wildman–Crippen LogP) is 3.99. The summed E-state index contributed by atoms with van der Waals surface area (Å²) < 4.78 is 16.5. The molecule has 2 aromatic rings. The zero-order chi connectivity index (χ0) is 18.5. The number of carbonyl (C=O) groups excluding carboxylic acids is 1. The molecule has 1 amide bonds. The van der Waals surface area contributed by atoms with Crippen LogP contribution in [0, 0.1) is 0 Å². The number of hydrogen-bond donors (Lipinski definition) is 1. The van der Waals surface area contributed by atoms with Crippen LogP contribution in [0.1, 0.15) is 30.9 Å². The molecule has 0 aliphatic heterocycles. The molecule has 0 radical (unpaired) electrons. The SMILES string of the molecule is COc1ccc(NC(=O)[C@@H](C)Oc2cccc3c2CCCC3)c(OC)c1. The highest BCUT2D eigenvalue weighted by Gasteiger charge is 2.20. The number of aryl methyl sites for hydroxylation is 1. The lowest BCUT2D eigenvalue weighted by molar-refractivity contribution is -0.122. The van der Waals surface area contributed by atoms with Crippen LogP contribution in [0.4, 0.5) is 5.69 Å². The van der Waals surface area contributed by atoms with Gasteiger partial charge in [0.25, 0.3) is 5.91 Å². The molecule has 3 rings (SSSR count). The average molecular weight is 355 g/mol. The first-order chi connectivity index (χ1) is 12.6. The van der Waals surface area contributed by atoms with Crippen LogP contribution in [-0.4, -0.2) is 26.2 Å². The minimum absolute atomic E-state index is 0.220. The van der Waals surface area contributed by atoms with Crippen LogP contribution >= 0.6 is 0 Å². The van der Waals surface area contributed by atoms with E-state index in [0.717, 1.165) is 25.0 Å². The lowest BCUT2D eigenvalue weighted by Gasteiger charge is -2.22. The van der Waals surface area contributed by atoms with E-state index in [2.05, 4.69) is 11.4 Å². The summed E-state index contributed by atoms with van der Waals surface area (Å²) >= 11 is 0. The number of nitrogens with one attached hydrogen (secondary N) is 1. The Kier molecular flexibility index (Phi) is 5.66. The van der Waals surface area contributed by atoms with Gasteiger partial charge < -0.3 is 19.5 Å². The van der Waals surface area contributed by atoms with Crippen LogP contribution in [0.5, 0.6) is 17.2 Å². The third-order valence-electron chi connectivity index (χ3n) is 4.69. The Morgan fingerprint density at radius 3 is 2.62 bits per heavy atom. The molecule has 0 heterocycles. The van der Waals surface area contributed by atoms with Gasteiger partial charge in [0, 0.05) is 6.07 Å². The van der Waals surface area contributed by atoms with Crippen molar-refractivity contribution >= 4 is 11.6 Å². The number of hydrogen-bond acceptors (Lipinski definition) is 4. The Bertz CT molecular complexity index is 788. The van der Waals surface area contributed by atoms with Gasteiger partial charge in [-0.2, -0.15) is 0 Å². The molecule has 0 bridgehead atoms. The summed E-state index contributed by atoms with van der Waals surface area (Å²) in [6, 6.07) is 11.4. The Morgan fingerprint density at radius 2 is 1.85 bits per heavy atom. The number of ether oxygens (including phenoxy) is 3. The monoisotopic (exact) mass is 355 g/mol. The van der Waals surface area contributed by atoms with Crippen LogP contribution < -0.4 is 19.5 Å². The quantitative estimate of drug-likeness (QED) is 0.851. The van der Waals surface area contributed by atoms with Crippen molar-refractivity contribution in [2.75, 3.05) is 19.5 Å². The van der Waals surface area contributed by atoms with E-state index in [-0.39, 0.29) is 5.91 Å². The number of anilines is 1. The molecule has 1 N–H and O–H groups in total. The summed E-state index contributed by atoms with van der Waals surface area (Å²) in [5.74, 6) is 1.80. The van der Waals surface area contributed by atoms with Crippen LogP contribution in [0.3, 0.4) is 0 Å². The molecule has 0 aromatic heterocycles. The van der Waals surface area contributed by atoms with Crippen molar-refractivity contribution < 1.29 is 19.0 Å².